The summed E-state index contributed by atoms with van der Waals surface area (Å²) in [5, 5.41) is 13.9. The van der Waals surface area contributed by atoms with Crippen LogP contribution >= 0.6 is 22.9 Å². The van der Waals surface area contributed by atoms with Crippen molar-refractivity contribution in [3.05, 3.63) is 59.1 Å². The number of alkyl halides is 3. The monoisotopic (exact) mass is 380 g/mol. The van der Waals surface area contributed by atoms with Crippen molar-refractivity contribution in [1.29, 1.82) is 0 Å². The zero-order valence-electron chi connectivity index (χ0n) is 12.3. The van der Waals surface area contributed by atoms with Crippen molar-refractivity contribution >= 4 is 27.9 Å². The van der Waals surface area contributed by atoms with Gasteiger partial charge in [-0.05, 0) is 24.3 Å². The summed E-state index contributed by atoms with van der Waals surface area (Å²) in [6.07, 6.45) is -4.37. The predicted molar refractivity (Wildman–Crippen MR) is 89.5 cm³/mol. The first-order chi connectivity index (χ1) is 11.9. The molecule has 4 rings (SSSR count). The summed E-state index contributed by atoms with van der Waals surface area (Å²) in [5.74, 6) is 0.389. The lowest BCUT2D eigenvalue weighted by atomic mass is 10.1. The standard InChI is InChI=1S/C16H8ClF3N4S/c17-12-7-3-10(4-8-12)14-23-24-13(21-22-15(24)25-14)9-1-5-11(6-2-9)16(18,19)20/h1-8H. The molecule has 0 unspecified atom stereocenters. The molecule has 9 heteroatoms. The molecule has 0 bridgehead atoms. The van der Waals surface area contributed by atoms with Gasteiger partial charge in [0.05, 0.1) is 5.56 Å². The quantitative estimate of drug-likeness (QED) is 0.480. The molecule has 0 aliphatic carbocycles. The van der Waals surface area contributed by atoms with Gasteiger partial charge in [-0.25, -0.2) is 0 Å². The minimum atomic E-state index is -4.37. The summed E-state index contributed by atoms with van der Waals surface area (Å²) in [4.78, 5) is 0.555. The second kappa shape index (κ2) is 5.82. The molecule has 0 saturated carbocycles. The lowest BCUT2D eigenvalue weighted by Gasteiger charge is -2.06. The van der Waals surface area contributed by atoms with Crippen LogP contribution in [-0.2, 0) is 6.18 Å². The SMILES string of the molecule is FC(F)(F)c1ccc(-c2nnc3sc(-c4ccc(Cl)cc4)nn23)cc1. The molecule has 2 aromatic carbocycles. The maximum Gasteiger partial charge on any atom is 0.416 e. The van der Waals surface area contributed by atoms with E-state index in [0.717, 1.165) is 22.7 Å². The van der Waals surface area contributed by atoms with Crippen LogP contribution in [0.2, 0.25) is 5.02 Å². The molecular weight excluding hydrogens is 373 g/mol. The van der Waals surface area contributed by atoms with Crippen molar-refractivity contribution in [1.82, 2.24) is 19.8 Å². The molecule has 0 saturated heterocycles. The number of rotatable bonds is 2. The summed E-state index contributed by atoms with van der Waals surface area (Å²) in [7, 11) is 0. The lowest BCUT2D eigenvalue weighted by molar-refractivity contribution is -0.137. The molecular formula is C16H8ClF3N4S. The summed E-state index contributed by atoms with van der Waals surface area (Å²) in [6.45, 7) is 0. The van der Waals surface area contributed by atoms with Gasteiger partial charge in [0.25, 0.3) is 0 Å². The Hall–Kier alpha value is -2.45. The smallest absolute Gasteiger partial charge is 0.182 e. The molecule has 2 aromatic heterocycles. The molecule has 0 amide bonds. The van der Waals surface area contributed by atoms with Crippen molar-refractivity contribution in [2.45, 2.75) is 6.18 Å². The Labute approximate surface area is 148 Å². The van der Waals surface area contributed by atoms with Gasteiger partial charge in [0.15, 0.2) is 5.82 Å². The third-order valence-corrected chi connectivity index (χ3v) is 4.75. The van der Waals surface area contributed by atoms with E-state index < -0.39 is 11.7 Å². The van der Waals surface area contributed by atoms with Crippen molar-refractivity contribution in [3.63, 3.8) is 0 Å². The average molecular weight is 381 g/mol. The van der Waals surface area contributed by atoms with E-state index in [9.17, 15) is 13.2 Å². The molecule has 0 radical (unpaired) electrons. The first-order valence-electron chi connectivity index (χ1n) is 7.07. The second-order valence-corrected chi connectivity index (χ2v) is 6.60. The third-order valence-electron chi connectivity index (χ3n) is 3.55. The van der Waals surface area contributed by atoms with Crippen LogP contribution < -0.4 is 0 Å². The van der Waals surface area contributed by atoms with Crippen molar-refractivity contribution in [3.8, 4) is 22.0 Å². The Morgan fingerprint density at radius 3 is 2.16 bits per heavy atom. The minimum absolute atomic E-state index is 0.389. The molecule has 4 aromatic rings. The number of benzene rings is 2. The fourth-order valence-corrected chi connectivity index (χ4v) is 3.29. The van der Waals surface area contributed by atoms with E-state index in [-0.39, 0.29) is 0 Å². The highest BCUT2D eigenvalue weighted by atomic mass is 35.5. The molecule has 0 fully saturated rings. The van der Waals surface area contributed by atoms with E-state index in [1.54, 1.807) is 12.1 Å². The minimum Gasteiger partial charge on any atom is -0.182 e. The number of hydrogen-bond acceptors (Lipinski definition) is 4. The van der Waals surface area contributed by atoms with Crippen LogP contribution in [0.25, 0.3) is 26.9 Å². The largest absolute Gasteiger partial charge is 0.416 e. The van der Waals surface area contributed by atoms with Crippen LogP contribution in [0.3, 0.4) is 0 Å². The zero-order valence-corrected chi connectivity index (χ0v) is 13.9. The van der Waals surface area contributed by atoms with E-state index in [4.69, 9.17) is 11.6 Å². The molecule has 126 valence electrons. The van der Waals surface area contributed by atoms with Gasteiger partial charge in [0.1, 0.15) is 5.01 Å². The van der Waals surface area contributed by atoms with Crippen LogP contribution in [0.1, 0.15) is 5.56 Å². The van der Waals surface area contributed by atoms with Gasteiger partial charge < -0.3 is 0 Å². The van der Waals surface area contributed by atoms with Crippen LogP contribution in [0, 0.1) is 0 Å². The van der Waals surface area contributed by atoms with Gasteiger partial charge in [0, 0.05) is 16.1 Å². The second-order valence-electron chi connectivity index (χ2n) is 5.21. The molecule has 0 N–H and O–H groups in total. The molecule has 2 heterocycles. The average Bonchev–Trinajstić information content (AvgIpc) is 3.15. The molecule has 0 aliphatic heterocycles. The maximum absolute atomic E-state index is 12.7. The van der Waals surface area contributed by atoms with Gasteiger partial charge in [-0.2, -0.15) is 22.8 Å². The van der Waals surface area contributed by atoms with Crippen LogP contribution in [0.15, 0.2) is 48.5 Å². The van der Waals surface area contributed by atoms with Crippen molar-refractivity contribution in [2.75, 3.05) is 0 Å². The number of fused-ring (bicyclic) bond motifs is 1. The first kappa shape index (κ1) is 16.0. The molecule has 0 spiro atoms. The summed E-state index contributed by atoms with van der Waals surface area (Å²) >= 11 is 7.22. The lowest BCUT2D eigenvalue weighted by Crippen LogP contribution is -2.04. The number of nitrogens with zero attached hydrogens (tertiary/aromatic N) is 4. The van der Waals surface area contributed by atoms with Crippen LogP contribution in [0.4, 0.5) is 13.2 Å². The van der Waals surface area contributed by atoms with Gasteiger partial charge in [-0.15, -0.1) is 10.2 Å². The number of aromatic nitrogens is 4. The first-order valence-corrected chi connectivity index (χ1v) is 8.27. The van der Waals surface area contributed by atoms with Crippen molar-refractivity contribution < 1.29 is 13.2 Å². The van der Waals surface area contributed by atoms with E-state index in [1.807, 2.05) is 12.1 Å². The van der Waals surface area contributed by atoms with E-state index in [2.05, 4.69) is 15.3 Å². The van der Waals surface area contributed by atoms with Gasteiger partial charge in [-0.1, -0.05) is 47.2 Å². The summed E-state index contributed by atoms with van der Waals surface area (Å²) in [5.41, 5.74) is 0.670. The van der Waals surface area contributed by atoms with Crippen molar-refractivity contribution in [2.24, 2.45) is 0 Å². The molecule has 25 heavy (non-hydrogen) atoms. The third kappa shape index (κ3) is 2.98. The van der Waals surface area contributed by atoms with Gasteiger partial charge >= 0.3 is 6.18 Å². The van der Waals surface area contributed by atoms with E-state index in [0.29, 0.717) is 21.4 Å². The Morgan fingerprint density at radius 2 is 1.52 bits per heavy atom. The van der Waals surface area contributed by atoms with E-state index in [1.165, 1.54) is 28.0 Å². The highest BCUT2D eigenvalue weighted by Crippen LogP contribution is 2.32. The zero-order chi connectivity index (χ0) is 17.6. The summed E-state index contributed by atoms with van der Waals surface area (Å²) < 4.78 is 39.6. The molecule has 4 nitrogen and oxygen atoms in total. The Bertz CT molecular complexity index is 1040. The number of halogens is 4. The number of hydrogen-bond donors (Lipinski definition) is 0. The fourth-order valence-electron chi connectivity index (χ4n) is 2.31. The predicted octanol–water partition coefficient (Wildman–Crippen LogP) is 5.19. The normalized spacial score (nSPS) is 12.0. The van der Waals surface area contributed by atoms with Gasteiger partial charge in [-0.3, -0.25) is 0 Å². The highest BCUT2D eigenvalue weighted by Gasteiger charge is 2.30. The topological polar surface area (TPSA) is 43.1 Å². The Morgan fingerprint density at radius 1 is 0.880 bits per heavy atom. The Balaban J connectivity index is 1.74. The summed E-state index contributed by atoms with van der Waals surface area (Å²) in [6, 6.07) is 12.0. The van der Waals surface area contributed by atoms with Crippen LogP contribution in [0.5, 0.6) is 0 Å². The maximum atomic E-state index is 12.7. The highest BCUT2D eigenvalue weighted by molar-refractivity contribution is 7.19. The molecule has 0 aliphatic rings. The van der Waals surface area contributed by atoms with E-state index >= 15 is 0 Å². The van der Waals surface area contributed by atoms with Crippen LogP contribution in [-0.4, -0.2) is 19.8 Å². The van der Waals surface area contributed by atoms with Gasteiger partial charge in [0.2, 0.25) is 4.96 Å². The fraction of sp³-hybridized carbons (Fsp3) is 0.0625. The Kier molecular flexibility index (Phi) is 3.73. The molecule has 0 atom stereocenters.